The maximum absolute atomic E-state index is 12.4. The minimum atomic E-state index is -5.50. The molecule has 0 amide bonds. The van der Waals surface area contributed by atoms with Crippen LogP contribution in [0.25, 0.3) is 0 Å². The molecule has 0 saturated heterocycles. The molecule has 0 aliphatic rings. The van der Waals surface area contributed by atoms with Crippen LogP contribution in [0.1, 0.15) is 55.4 Å². The standard InChI is InChI=1S/C11H24O3P/c1-9(2,3)11(7,8)15(12,13,14)10(4,5)6/h1-8H3/q-3. The summed E-state index contributed by atoms with van der Waals surface area (Å²) in [5.41, 5.74) is -0.580. The second-order valence-electron chi connectivity index (χ2n) is 6.86. The molecule has 0 atom stereocenters. The Hall–Kier alpha value is 0.310. The van der Waals surface area contributed by atoms with Crippen molar-refractivity contribution in [1.82, 2.24) is 0 Å². The molecule has 0 bridgehead atoms. The quantitative estimate of drug-likeness (QED) is 0.636. The van der Waals surface area contributed by atoms with E-state index in [-0.39, 0.29) is 0 Å². The van der Waals surface area contributed by atoms with Crippen LogP contribution in [0.2, 0.25) is 0 Å². The van der Waals surface area contributed by atoms with Gasteiger partial charge in [0, 0.05) is 0 Å². The van der Waals surface area contributed by atoms with Crippen LogP contribution in [0.5, 0.6) is 0 Å². The normalized spacial score (nSPS) is 18.5. The van der Waals surface area contributed by atoms with Gasteiger partial charge in [-0.05, 0) is 0 Å². The molecule has 0 unspecified atom stereocenters. The first kappa shape index (κ1) is 15.3. The van der Waals surface area contributed by atoms with Gasteiger partial charge in [-0.3, -0.25) is 0 Å². The molecule has 3 nitrogen and oxygen atoms in total. The predicted molar refractivity (Wildman–Crippen MR) is 60.2 cm³/mol. The minimum absolute atomic E-state index is 0.580. The van der Waals surface area contributed by atoms with E-state index in [1.54, 1.807) is 20.8 Å². The summed E-state index contributed by atoms with van der Waals surface area (Å²) in [6.07, 6.45) is 0. The SMILES string of the molecule is CC(C)(C)C(C)(C)P([O-])([O-])([O-])C(C)(C)C. The topological polar surface area (TPSA) is 69.2 Å². The van der Waals surface area contributed by atoms with Gasteiger partial charge in [0.1, 0.15) is 0 Å². The third-order valence-electron chi connectivity index (χ3n) is 3.96. The first-order valence-corrected chi connectivity index (χ1v) is 7.23. The molecular weight excluding hydrogens is 211 g/mol. The molecule has 15 heavy (non-hydrogen) atoms. The third kappa shape index (κ3) is 1.95. The van der Waals surface area contributed by atoms with Crippen LogP contribution in [0.3, 0.4) is 0 Å². The zero-order chi connectivity index (χ0) is 12.9. The average molecular weight is 235 g/mol. The van der Waals surface area contributed by atoms with E-state index in [2.05, 4.69) is 0 Å². The molecule has 0 aromatic heterocycles. The summed E-state index contributed by atoms with van der Waals surface area (Å²) in [5.74, 6) is 0. The van der Waals surface area contributed by atoms with Crippen molar-refractivity contribution in [3.63, 3.8) is 0 Å². The molecule has 0 N–H and O–H groups in total. The number of hydrogen-bond donors (Lipinski definition) is 0. The fourth-order valence-corrected chi connectivity index (χ4v) is 4.25. The average Bonchev–Trinajstić information content (AvgIpc) is 1.79. The Morgan fingerprint density at radius 2 is 0.933 bits per heavy atom. The summed E-state index contributed by atoms with van der Waals surface area (Å²) < 4.78 is 0. The van der Waals surface area contributed by atoms with Crippen LogP contribution in [-0.4, -0.2) is 10.3 Å². The summed E-state index contributed by atoms with van der Waals surface area (Å²) in [7, 11) is -5.50. The van der Waals surface area contributed by atoms with Gasteiger partial charge in [0.15, 0.2) is 0 Å². The third-order valence-corrected chi connectivity index (χ3v) is 8.87. The van der Waals surface area contributed by atoms with Crippen molar-refractivity contribution in [3.05, 3.63) is 0 Å². The van der Waals surface area contributed by atoms with Gasteiger partial charge in [0.25, 0.3) is 0 Å². The second kappa shape index (κ2) is 3.16. The van der Waals surface area contributed by atoms with Crippen molar-refractivity contribution >= 4 is 7.28 Å². The zero-order valence-electron chi connectivity index (χ0n) is 11.2. The van der Waals surface area contributed by atoms with Crippen LogP contribution in [0, 0.1) is 5.41 Å². The van der Waals surface area contributed by atoms with Crippen molar-refractivity contribution in [2.24, 2.45) is 5.41 Å². The van der Waals surface area contributed by atoms with E-state index < -0.39 is 23.0 Å². The van der Waals surface area contributed by atoms with Crippen LogP contribution >= 0.6 is 7.28 Å². The predicted octanol–water partition coefficient (Wildman–Crippen LogP) is 0.989. The molecule has 0 aromatic rings. The fraction of sp³-hybridized carbons (Fsp3) is 1.00. The Morgan fingerprint density at radius 3 is 1.00 bits per heavy atom. The van der Waals surface area contributed by atoms with Crippen molar-refractivity contribution in [2.45, 2.75) is 65.7 Å². The van der Waals surface area contributed by atoms with Gasteiger partial charge in [-0.15, -0.1) is 0 Å². The zero-order valence-corrected chi connectivity index (χ0v) is 12.1. The summed E-state index contributed by atoms with van der Waals surface area (Å²) in [6.45, 7) is 12.9. The maximum atomic E-state index is 12.4. The molecule has 0 spiro atoms. The van der Waals surface area contributed by atoms with E-state index in [9.17, 15) is 14.7 Å². The van der Waals surface area contributed by atoms with E-state index in [0.717, 1.165) is 0 Å². The van der Waals surface area contributed by atoms with E-state index in [1.165, 1.54) is 34.6 Å². The molecular formula is C11H24O3P-3. The molecule has 0 heterocycles. The number of rotatable bonds is 1. The van der Waals surface area contributed by atoms with E-state index >= 15 is 0 Å². The molecule has 0 aliphatic heterocycles. The van der Waals surface area contributed by atoms with Gasteiger partial charge < -0.3 is 0 Å². The van der Waals surface area contributed by atoms with Gasteiger partial charge in [-0.25, -0.2) is 0 Å². The fourth-order valence-electron chi connectivity index (χ4n) is 1.42. The second-order valence-corrected chi connectivity index (χ2v) is 11.1. The first-order valence-electron chi connectivity index (χ1n) is 5.24. The number of hydrogen-bond acceptors (Lipinski definition) is 3. The monoisotopic (exact) mass is 235 g/mol. The summed E-state index contributed by atoms with van der Waals surface area (Å²) in [6, 6.07) is 0. The summed E-state index contributed by atoms with van der Waals surface area (Å²) in [4.78, 5) is 37.2. The van der Waals surface area contributed by atoms with Crippen molar-refractivity contribution in [3.8, 4) is 0 Å². The Kier molecular flexibility index (Phi) is 3.23. The molecule has 0 saturated carbocycles. The summed E-state index contributed by atoms with van der Waals surface area (Å²) in [5, 5.41) is -2.54. The van der Waals surface area contributed by atoms with Gasteiger partial charge >= 0.3 is 93.1 Å². The van der Waals surface area contributed by atoms with Crippen LogP contribution in [0.15, 0.2) is 0 Å². The first-order chi connectivity index (χ1) is 6.04. The Balaban J connectivity index is 5.77. The Labute approximate surface area is 93.7 Å². The van der Waals surface area contributed by atoms with Gasteiger partial charge in [-0.2, -0.15) is 0 Å². The van der Waals surface area contributed by atoms with Crippen molar-refractivity contribution in [1.29, 1.82) is 0 Å². The molecule has 4 heteroatoms. The van der Waals surface area contributed by atoms with Gasteiger partial charge in [0.2, 0.25) is 0 Å². The molecule has 0 aromatic carbocycles. The Bertz CT molecular complexity index is 248. The molecule has 94 valence electrons. The van der Waals surface area contributed by atoms with Gasteiger partial charge in [0.05, 0.1) is 0 Å². The van der Waals surface area contributed by atoms with E-state index in [0.29, 0.717) is 0 Å². The van der Waals surface area contributed by atoms with Crippen molar-refractivity contribution < 1.29 is 14.7 Å². The van der Waals surface area contributed by atoms with Gasteiger partial charge in [-0.1, -0.05) is 0 Å². The molecule has 0 fully saturated rings. The van der Waals surface area contributed by atoms with E-state index in [4.69, 9.17) is 0 Å². The summed E-state index contributed by atoms with van der Waals surface area (Å²) >= 11 is 0. The molecule has 0 radical (unpaired) electrons. The Morgan fingerprint density at radius 1 is 0.667 bits per heavy atom. The van der Waals surface area contributed by atoms with Crippen LogP contribution in [-0.2, 0) is 0 Å². The van der Waals surface area contributed by atoms with Crippen LogP contribution in [0.4, 0.5) is 0 Å². The molecule has 0 aliphatic carbocycles. The molecule has 0 rings (SSSR count). The van der Waals surface area contributed by atoms with Crippen LogP contribution < -0.4 is 14.7 Å². The van der Waals surface area contributed by atoms with E-state index in [1.807, 2.05) is 0 Å². The van der Waals surface area contributed by atoms with Crippen molar-refractivity contribution in [2.75, 3.05) is 0 Å².